The second-order valence-corrected chi connectivity index (χ2v) is 14.0. The average molecular weight is 676 g/mol. The van der Waals surface area contributed by atoms with E-state index < -0.39 is 28.5 Å². The van der Waals surface area contributed by atoms with E-state index in [2.05, 4.69) is 5.32 Å². The number of amides is 2. The molecule has 0 aliphatic carbocycles. The molecule has 10 heteroatoms. The minimum absolute atomic E-state index is 0.00231. The van der Waals surface area contributed by atoms with Gasteiger partial charge in [0.15, 0.2) is 0 Å². The maximum atomic E-state index is 14.6. The summed E-state index contributed by atoms with van der Waals surface area (Å²) in [6.45, 7) is 8.02. The molecule has 2 amide bonds. The first-order chi connectivity index (χ1) is 22.5. The molecule has 0 spiro atoms. The Hall–Kier alpha value is -4.34. The molecule has 0 unspecified atom stereocenters. The lowest BCUT2D eigenvalue weighted by atomic mass is 10.0. The molecule has 248 valence electrons. The van der Waals surface area contributed by atoms with Crippen LogP contribution in [0.5, 0.6) is 5.75 Å². The van der Waals surface area contributed by atoms with E-state index in [1.54, 1.807) is 54.6 Å². The number of halogens is 1. The number of nitrogens with zero attached hydrogens (tertiary/aromatic N) is 2. The van der Waals surface area contributed by atoms with Gasteiger partial charge < -0.3 is 15.0 Å². The molecule has 4 rings (SSSR count). The molecular formula is C37H42ClN3O5S. The number of rotatable bonds is 15. The van der Waals surface area contributed by atoms with Crippen LogP contribution in [0.4, 0.5) is 5.69 Å². The molecule has 0 aliphatic heterocycles. The van der Waals surface area contributed by atoms with Crippen molar-refractivity contribution in [1.29, 1.82) is 0 Å². The summed E-state index contributed by atoms with van der Waals surface area (Å²) in [5, 5.41) is 3.43. The van der Waals surface area contributed by atoms with Crippen LogP contribution in [0.3, 0.4) is 0 Å². The molecule has 4 aromatic rings. The molecule has 0 aliphatic rings. The molecule has 0 fully saturated rings. The van der Waals surface area contributed by atoms with E-state index in [0.29, 0.717) is 35.2 Å². The van der Waals surface area contributed by atoms with Crippen LogP contribution < -0.4 is 14.4 Å². The van der Waals surface area contributed by atoms with Crippen molar-refractivity contribution < 1.29 is 22.7 Å². The van der Waals surface area contributed by atoms with Crippen molar-refractivity contribution in [2.45, 2.75) is 51.6 Å². The van der Waals surface area contributed by atoms with Gasteiger partial charge in [-0.3, -0.25) is 13.9 Å². The van der Waals surface area contributed by atoms with Gasteiger partial charge >= 0.3 is 0 Å². The standard InChI is InChI=1S/C37H42ClN3O5S/c1-5-46-32-19-21-33(22-20-32)47(44,45)41(31-17-15-28(4)16-18-31)26-36(42)40(25-30-13-9-10-14-34(30)38)35(37(43)39-24-27(2)3)23-29-11-7-6-8-12-29/h6-22,27,35H,5,23-26H2,1-4H3,(H,39,43)/t35-/m1/s1. The summed E-state index contributed by atoms with van der Waals surface area (Å²) in [5.74, 6) is -0.174. The lowest BCUT2D eigenvalue weighted by Gasteiger charge is -2.34. The van der Waals surface area contributed by atoms with Gasteiger partial charge in [-0.2, -0.15) is 0 Å². The normalized spacial score (nSPS) is 12.0. The van der Waals surface area contributed by atoms with E-state index in [-0.39, 0.29) is 29.7 Å². The van der Waals surface area contributed by atoms with Gasteiger partial charge in [-0.05, 0) is 73.4 Å². The van der Waals surface area contributed by atoms with Crippen LogP contribution in [0.2, 0.25) is 5.02 Å². The van der Waals surface area contributed by atoms with Gasteiger partial charge in [0, 0.05) is 24.5 Å². The van der Waals surface area contributed by atoms with Crippen LogP contribution in [0.1, 0.15) is 37.5 Å². The number of hydrogen-bond acceptors (Lipinski definition) is 5. The van der Waals surface area contributed by atoms with Crippen LogP contribution in [0, 0.1) is 12.8 Å². The fraction of sp³-hybridized carbons (Fsp3) is 0.297. The molecule has 0 saturated heterocycles. The van der Waals surface area contributed by atoms with E-state index in [9.17, 15) is 18.0 Å². The zero-order valence-electron chi connectivity index (χ0n) is 27.2. The summed E-state index contributed by atoms with van der Waals surface area (Å²) in [6.07, 6.45) is 0.219. The van der Waals surface area contributed by atoms with Gasteiger partial charge in [0.25, 0.3) is 10.0 Å². The lowest BCUT2D eigenvalue weighted by Crippen LogP contribution is -2.53. The number of anilines is 1. The van der Waals surface area contributed by atoms with Crippen LogP contribution in [0.15, 0.2) is 108 Å². The molecule has 1 N–H and O–H groups in total. The summed E-state index contributed by atoms with van der Waals surface area (Å²) in [5.41, 5.74) is 2.74. The van der Waals surface area contributed by atoms with Gasteiger partial charge in [0.05, 0.1) is 17.2 Å². The van der Waals surface area contributed by atoms with E-state index in [1.165, 1.54) is 17.0 Å². The third kappa shape index (κ3) is 9.59. The fourth-order valence-electron chi connectivity index (χ4n) is 5.03. The van der Waals surface area contributed by atoms with Crippen molar-refractivity contribution in [1.82, 2.24) is 10.2 Å². The summed E-state index contributed by atoms with van der Waals surface area (Å²) in [6, 6.07) is 28.6. The highest BCUT2D eigenvalue weighted by molar-refractivity contribution is 7.92. The number of sulfonamides is 1. The Morgan fingerprint density at radius 2 is 1.51 bits per heavy atom. The molecular weight excluding hydrogens is 634 g/mol. The molecule has 0 radical (unpaired) electrons. The molecule has 47 heavy (non-hydrogen) atoms. The highest BCUT2D eigenvalue weighted by Gasteiger charge is 2.35. The van der Waals surface area contributed by atoms with Crippen molar-refractivity contribution in [2.75, 3.05) is 24.0 Å². The first kappa shape index (κ1) is 35.5. The Morgan fingerprint density at radius 3 is 2.13 bits per heavy atom. The number of ether oxygens (including phenoxy) is 1. The van der Waals surface area contributed by atoms with Crippen molar-refractivity contribution >= 4 is 39.1 Å². The average Bonchev–Trinajstić information content (AvgIpc) is 3.06. The van der Waals surface area contributed by atoms with Crippen molar-refractivity contribution in [3.05, 3.63) is 125 Å². The van der Waals surface area contributed by atoms with Gasteiger partial charge in [-0.15, -0.1) is 0 Å². The van der Waals surface area contributed by atoms with E-state index in [1.807, 2.05) is 64.1 Å². The zero-order valence-corrected chi connectivity index (χ0v) is 28.8. The molecule has 0 bridgehead atoms. The Kier molecular flexibility index (Phi) is 12.4. The predicted molar refractivity (Wildman–Crippen MR) is 187 cm³/mol. The maximum Gasteiger partial charge on any atom is 0.264 e. The first-order valence-corrected chi connectivity index (χ1v) is 17.5. The van der Waals surface area contributed by atoms with Crippen molar-refractivity contribution in [3.63, 3.8) is 0 Å². The number of carbonyl (C=O) groups excluding carboxylic acids is 2. The molecule has 0 saturated carbocycles. The summed E-state index contributed by atoms with van der Waals surface area (Å²) in [4.78, 5) is 29.9. The van der Waals surface area contributed by atoms with Crippen LogP contribution in [0.25, 0.3) is 0 Å². The van der Waals surface area contributed by atoms with E-state index in [4.69, 9.17) is 16.3 Å². The Labute approximate surface area is 283 Å². The summed E-state index contributed by atoms with van der Waals surface area (Å²) in [7, 11) is -4.23. The SMILES string of the molecule is CCOc1ccc(S(=O)(=O)N(CC(=O)N(Cc2ccccc2Cl)[C@H](Cc2ccccc2)C(=O)NCC(C)C)c2ccc(C)cc2)cc1. The first-order valence-electron chi connectivity index (χ1n) is 15.7. The van der Waals surface area contributed by atoms with Gasteiger partial charge in [0.1, 0.15) is 18.3 Å². The molecule has 0 aromatic heterocycles. The van der Waals surface area contributed by atoms with Gasteiger partial charge in [0.2, 0.25) is 11.8 Å². The highest BCUT2D eigenvalue weighted by atomic mass is 35.5. The lowest BCUT2D eigenvalue weighted by molar-refractivity contribution is -0.140. The van der Waals surface area contributed by atoms with Crippen LogP contribution in [-0.4, -0.2) is 50.9 Å². The van der Waals surface area contributed by atoms with E-state index >= 15 is 0 Å². The molecule has 0 heterocycles. The summed E-state index contributed by atoms with van der Waals surface area (Å²) >= 11 is 6.57. The number of benzene rings is 4. The number of hydrogen-bond donors (Lipinski definition) is 1. The molecule has 8 nitrogen and oxygen atoms in total. The van der Waals surface area contributed by atoms with Crippen molar-refractivity contribution in [2.24, 2.45) is 5.92 Å². The van der Waals surface area contributed by atoms with Crippen LogP contribution in [-0.2, 0) is 32.6 Å². The third-order valence-corrected chi connectivity index (χ3v) is 9.73. The fourth-order valence-corrected chi connectivity index (χ4v) is 6.64. The second kappa shape index (κ2) is 16.5. The van der Waals surface area contributed by atoms with Crippen molar-refractivity contribution in [3.8, 4) is 5.75 Å². The monoisotopic (exact) mass is 675 g/mol. The summed E-state index contributed by atoms with van der Waals surface area (Å²) < 4.78 is 35.1. The molecule has 4 aromatic carbocycles. The number of carbonyl (C=O) groups is 2. The number of nitrogens with one attached hydrogen (secondary N) is 1. The van der Waals surface area contributed by atoms with Gasteiger partial charge in [-0.1, -0.05) is 91.7 Å². The number of aryl methyl sites for hydroxylation is 1. The van der Waals surface area contributed by atoms with E-state index in [0.717, 1.165) is 15.4 Å². The Bertz CT molecular complexity index is 1730. The Morgan fingerprint density at radius 1 is 0.872 bits per heavy atom. The Balaban J connectivity index is 1.79. The van der Waals surface area contributed by atoms with Crippen LogP contribution >= 0.6 is 11.6 Å². The zero-order chi connectivity index (χ0) is 34.0. The topological polar surface area (TPSA) is 96.0 Å². The quantitative estimate of drug-likeness (QED) is 0.152. The minimum atomic E-state index is -4.23. The third-order valence-electron chi connectivity index (χ3n) is 7.58. The second-order valence-electron chi connectivity index (χ2n) is 11.7. The largest absolute Gasteiger partial charge is 0.494 e. The minimum Gasteiger partial charge on any atom is -0.494 e. The van der Waals surface area contributed by atoms with Gasteiger partial charge in [-0.25, -0.2) is 8.42 Å². The predicted octanol–water partition coefficient (Wildman–Crippen LogP) is 6.65. The molecule has 1 atom stereocenters. The highest BCUT2D eigenvalue weighted by Crippen LogP contribution is 2.27. The smallest absolute Gasteiger partial charge is 0.264 e. The maximum absolute atomic E-state index is 14.6.